The third-order valence-electron chi connectivity index (χ3n) is 2.38. The molecule has 0 aliphatic carbocycles. The van der Waals surface area contributed by atoms with Crippen LogP contribution in [0.1, 0.15) is 16.2 Å². The van der Waals surface area contributed by atoms with Gasteiger partial charge >= 0.3 is 0 Å². The Morgan fingerprint density at radius 1 is 1.50 bits per heavy atom. The van der Waals surface area contributed by atoms with E-state index >= 15 is 0 Å². The highest BCUT2D eigenvalue weighted by molar-refractivity contribution is 5.99. The van der Waals surface area contributed by atoms with E-state index in [0.717, 1.165) is 5.69 Å². The highest BCUT2D eigenvalue weighted by atomic mass is 16.5. The summed E-state index contributed by atoms with van der Waals surface area (Å²) >= 11 is 0. The van der Waals surface area contributed by atoms with Gasteiger partial charge in [0.2, 0.25) is 6.39 Å². The molecule has 2 aromatic rings. The summed E-state index contributed by atoms with van der Waals surface area (Å²) < 4.78 is 4.60. The van der Waals surface area contributed by atoms with Crippen LogP contribution in [0.5, 0.6) is 0 Å². The smallest absolute Gasteiger partial charge is 0.254 e. The molecule has 0 bridgehead atoms. The van der Waals surface area contributed by atoms with E-state index < -0.39 is 0 Å². The number of aromatic nitrogens is 3. The van der Waals surface area contributed by atoms with Gasteiger partial charge in [0.25, 0.3) is 5.91 Å². The number of pyridine rings is 1. The van der Waals surface area contributed by atoms with Crippen molar-refractivity contribution in [3.05, 3.63) is 36.2 Å². The molecule has 1 amide bonds. The number of carbonyl (C=O) groups excluding carboxylic acids is 1. The first-order valence-electron chi connectivity index (χ1n) is 5.46. The van der Waals surface area contributed by atoms with Gasteiger partial charge in [-0.3, -0.25) is 9.78 Å². The maximum atomic E-state index is 11.9. The molecule has 2 heterocycles. The quantitative estimate of drug-likeness (QED) is 0.798. The first-order chi connectivity index (χ1) is 8.81. The van der Waals surface area contributed by atoms with Gasteiger partial charge in [0.05, 0.1) is 5.56 Å². The van der Waals surface area contributed by atoms with Crippen LogP contribution in [-0.4, -0.2) is 34.6 Å². The Labute approximate surface area is 104 Å². The fourth-order valence-electron chi connectivity index (χ4n) is 1.48. The SMILES string of the molecule is CNc1ccncc1C(=O)NCCc1ncon1. The lowest BCUT2D eigenvalue weighted by Gasteiger charge is -2.08. The van der Waals surface area contributed by atoms with Crippen LogP contribution in [0.2, 0.25) is 0 Å². The Balaban J connectivity index is 1.91. The molecule has 0 saturated heterocycles. The van der Waals surface area contributed by atoms with E-state index in [9.17, 15) is 4.79 Å². The summed E-state index contributed by atoms with van der Waals surface area (Å²) in [7, 11) is 1.76. The monoisotopic (exact) mass is 247 g/mol. The van der Waals surface area contributed by atoms with Crippen LogP contribution in [0.25, 0.3) is 0 Å². The van der Waals surface area contributed by atoms with Crippen LogP contribution in [0.3, 0.4) is 0 Å². The Bertz CT molecular complexity index is 512. The Morgan fingerprint density at radius 2 is 2.39 bits per heavy atom. The number of rotatable bonds is 5. The molecule has 0 aromatic carbocycles. The van der Waals surface area contributed by atoms with Crippen LogP contribution in [0.4, 0.5) is 5.69 Å². The van der Waals surface area contributed by atoms with E-state index in [0.29, 0.717) is 24.4 Å². The minimum atomic E-state index is -0.184. The molecule has 7 nitrogen and oxygen atoms in total. The number of carbonyl (C=O) groups is 1. The van der Waals surface area contributed by atoms with Gasteiger partial charge in [-0.1, -0.05) is 5.16 Å². The molecule has 0 radical (unpaired) electrons. The Morgan fingerprint density at radius 3 is 3.11 bits per heavy atom. The molecule has 18 heavy (non-hydrogen) atoms. The molecular formula is C11H13N5O2. The number of anilines is 1. The average Bonchev–Trinajstić information content (AvgIpc) is 2.91. The van der Waals surface area contributed by atoms with E-state index in [4.69, 9.17) is 0 Å². The van der Waals surface area contributed by atoms with Crippen LogP contribution in [-0.2, 0) is 6.42 Å². The molecular weight excluding hydrogens is 234 g/mol. The molecule has 0 saturated carbocycles. The van der Waals surface area contributed by atoms with E-state index in [2.05, 4.69) is 30.3 Å². The summed E-state index contributed by atoms with van der Waals surface area (Å²) in [5.41, 5.74) is 1.25. The lowest BCUT2D eigenvalue weighted by molar-refractivity contribution is 0.0954. The summed E-state index contributed by atoms with van der Waals surface area (Å²) in [6.45, 7) is 0.441. The Kier molecular flexibility index (Phi) is 3.85. The van der Waals surface area contributed by atoms with Crippen molar-refractivity contribution in [2.45, 2.75) is 6.42 Å². The molecule has 2 rings (SSSR count). The van der Waals surface area contributed by atoms with Gasteiger partial charge in [-0.25, -0.2) is 0 Å². The fourth-order valence-corrected chi connectivity index (χ4v) is 1.48. The molecule has 2 aromatic heterocycles. The van der Waals surface area contributed by atoms with Gasteiger partial charge < -0.3 is 15.2 Å². The van der Waals surface area contributed by atoms with Crippen LogP contribution in [0.15, 0.2) is 29.4 Å². The molecule has 94 valence electrons. The van der Waals surface area contributed by atoms with Crippen LogP contribution >= 0.6 is 0 Å². The predicted molar refractivity (Wildman–Crippen MR) is 64.1 cm³/mol. The van der Waals surface area contributed by atoms with E-state index in [1.165, 1.54) is 12.6 Å². The number of nitrogens with zero attached hydrogens (tertiary/aromatic N) is 3. The zero-order valence-electron chi connectivity index (χ0n) is 9.88. The Hall–Kier alpha value is -2.44. The van der Waals surface area contributed by atoms with E-state index in [1.54, 1.807) is 19.3 Å². The van der Waals surface area contributed by atoms with Gasteiger partial charge in [-0.15, -0.1) is 0 Å². The van der Waals surface area contributed by atoms with Crippen molar-refractivity contribution in [3.63, 3.8) is 0 Å². The minimum Gasteiger partial charge on any atom is -0.387 e. The third kappa shape index (κ3) is 2.82. The fraction of sp³-hybridized carbons (Fsp3) is 0.273. The topological polar surface area (TPSA) is 92.9 Å². The van der Waals surface area contributed by atoms with Crippen molar-refractivity contribution in [1.29, 1.82) is 0 Å². The highest BCUT2D eigenvalue weighted by Crippen LogP contribution is 2.11. The number of hydrogen-bond acceptors (Lipinski definition) is 6. The van der Waals surface area contributed by atoms with Gasteiger partial charge in [0.1, 0.15) is 0 Å². The summed E-state index contributed by atoms with van der Waals surface area (Å²) in [6, 6.07) is 1.74. The number of hydrogen-bond donors (Lipinski definition) is 2. The van der Waals surface area contributed by atoms with Crippen molar-refractivity contribution < 1.29 is 9.32 Å². The molecule has 0 unspecified atom stereocenters. The van der Waals surface area contributed by atoms with E-state index in [-0.39, 0.29) is 5.91 Å². The summed E-state index contributed by atoms with van der Waals surface area (Å²) in [4.78, 5) is 19.7. The van der Waals surface area contributed by atoms with Gasteiger partial charge in [0, 0.05) is 38.1 Å². The van der Waals surface area contributed by atoms with Crippen molar-refractivity contribution in [2.24, 2.45) is 0 Å². The summed E-state index contributed by atoms with van der Waals surface area (Å²) in [5.74, 6) is 0.381. The highest BCUT2D eigenvalue weighted by Gasteiger charge is 2.10. The first kappa shape index (κ1) is 12.0. The number of amides is 1. The molecule has 0 aliphatic heterocycles. The zero-order valence-corrected chi connectivity index (χ0v) is 9.88. The molecule has 2 N–H and O–H groups in total. The van der Waals surface area contributed by atoms with Crippen molar-refractivity contribution in [2.75, 3.05) is 18.9 Å². The standard InChI is InChI=1S/C11H13N5O2/c1-12-9-2-4-13-6-8(9)11(17)14-5-3-10-15-7-18-16-10/h2,4,6-7H,3,5H2,1H3,(H,12,13)(H,14,17). The van der Waals surface area contributed by atoms with Crippen LogP contribution < -0.4 is 10.6 Å². The van der Waals surface area contributed by atoms with Gasteiger partial charge in [0.15, 0.2) is 5.82 Å². The summed E-state index contributed by atoms with van der Waals surface area (Å²) in [6.07, 6.45) is 4.94. The van der Waals surface area contributed by atoms with E-state index in [1.807, 2.05) is 0 Å². The largest absolute Gasteiger partial charge is 0.387 e. The van der Waals surface area contributed by atoms with Crippen molar-refractivity contribution in [3.8, 4) is 0 Å². The minimum absolute atomic E-state index is 0.184. The van der Waals surface area contributed by atoms with Crippen molar-refractivity contribution in [1.82, 2.24) is 20.4 Å². The summed E-state index contributed by atoms with van der Waals surface area (Å²) in [5, 5.41) is 9.37. The number of nitrogens with one attached hydrogen (secondary N) is 2. The molecule has 0 atom stereocenters. The normalized spacial score (nSPS) is 10.1. The molecule has 0 aliphatic rings. The van der Waals surface area contributed by atoms with Gasteiger partial charge in [-0.2, -0.15) is 4.98 Å². The second-order valence-corrected chi connectivity index (χ2v) is 3.52. The zero-order chi connectivity index (χ0) is 12.8. The van der Waals surface area contributed by atoms with Crippen LogP contribution in [0, 0.1) is 0 Å². The second kappa shape index (κ2) is 5.76. The predicted octanol–water partition coefficient (Wildman–Crippen LogP) is 0.479. The molecule has 0 spiro atoms. The maximum Gasteiger partial charge on any atom is 0.254 e. The second-order valence-electron chi connectivity index (χ2n) is 3.52. The van der Waals surface area contributed by atoms with Gasteiger partial charge in [-0.05, 0) is 6.07 Å². The average molecular weight is 247 g/mol. The lowest BCUT2D eigenvalue weighted by Crippen LogP contribution is -2.26. The molecule has 0 fully saturated rings. The van der Waals surface area contributed by atoms with Crippen molar-refractivity contribution >= 4 is 11.6 Å². The first-order valence-corrected chi connectivity index (χ1v) is 5.46. The third-order valence-corrected chi connectivity index (χ3v) is 2.38. The maximum absolute atomic E-state index is 11.9. The molecule has 7 heteroatoms. The lowest BCUT2D eigenvalue weighted by atomic mass is 10.2.